The maximum atomic E-state index is 12.1. The number of carbonyl (C=O) groups is 2. The van der Waals surface area contributed by atoms with Crippen molar-refractivity contribution >= 4 is 11.8 Å². The van der Waals surface area contributed by atoms with Crippen LogP contribution in [0.2, 0.25) is 0 Å². The third-order valence-electron chi connectivity index (χ3n) is 5.66. The number of rotatable bonds is 7. The van der Waals surface area contributed by atoms with Crippen LogP contribution >= 0.6 is 0 Å². The fourth-order valence-corrected chi connectivity index (χ4v) is 4.45. The van der Waals surface area contributed by atoms with Gasteiger partial charge in [-0.05, 0) is 75.1 Å². The monoisotopic (exact) mass is 344 g/mol. The van der Waals surface area contributed by atoms with Crippen LogP contribution in [0.1, 0.15) is 49.9 Å². The first-order valence-corrected chi connectivity index (χ1v) is 9.37. The molecule has 0 aromatic heterocycles. The molecular weight excluding hydrogens is 316 g/mol. The van der Waals surface area contributed by atoms with Crippen molar-refractivity contribution < 1.29 is 14.3 Å². The van der Waals surface area contributed by atoms with Gasteiger partial charge < -0.3 is 15.4 Å². The first kappa shape index (κ1) is 17.8. The smallest absolute Gasteiger partial charge is 0.251 e. The molecule has 3 rings (SSSR count). The van der Waals surface area contributed by atoms with Gasteiger partial charge >= 0.3 is 0 Å². The fourth-order valence-electron chi connectivity index (χ4n) is 4.45. The molecule has 4 unspecified atom stereocenters. The van der Waals surface area contributed by atoms with E-state index in [1.807, 2.05) is 6.92 Å². The van der Waals surface area contributed by atoms with Crippen LogP contribution in [0.4, 0.5) is 0 Å². The molecule has 2 aliphatic rings. The van der Waals surface area contributed by atoms with Gasteiger partial charge in [-0.2, -0.15) is 0 Å². The van der Waals surface area contributed by atoms with Gasteiger partial charge in [0, 0.05) is 11.6 Å². The quantitative estimate of drug-likeness (QED) is 0.799. The highest BCUT2D eigenvalue weighted by atomic mass is 16.5. The van der Waals surface area contributed by atoms with Gasteiger partial charge in [-0.1, -0.05) is 6.42 Å². The van der Waals surface area contributed by atoms with Crippen LogP contribution in [0.3, 0.4) is 0 Å². The van der Waals surface area contributed by atoms with Crippen molar-refractivity contribution in [1.29, 1.82) is 0 Å². The molecule has 0 saturated heterocycles. The van der Waals surface area contributed by atoms with Crippen LogP contribution in [-0.2, 0) is 4.79 Å². The van der Waals surface area contributed by atoms with E-state index in [0.29, 0.717) is 18.1 Å². The van der Waals surface area contributed by atoms with E-state index in [4.69, 9.17) is 4.74 Å². The van der Waals surface area contributed by atoms with Crippen molar-refractivity contribution in [2.75, 3.05) is 13.2 Å². The van der Waals surface area contributed by atoms with Gasteiger partial charge in [-0.25, -0.2) is 0 Å². The van der Waals surface area contributed by atoms with Crippen molar-refractivity contribution in [3.63, 3.8) is 0 Å². The Morgan fingerprint density at radius 1 is 1.20 bits per heavy atom. The zero-order valence-electron chi connectivity index (χ0n) is 15.1. The average Bonchev–Trinajstić information content (AvgIpc) is 3.24. The molecule has 2 bridgehead atoms. The van der Waals surface area contributed by atoms with Crippen molar-refractivity contribution in [2.45, 2.75) is 45.6 Å². The summed E-state index contributed by atoms with van der Waals surface area (Å²) in [6.07, 6.45) is 5.24. The Balaban J connectivity index is 1.43. The first-order chi connectivity index (χ1) is 12.1. The topological polar surface area (TPSA) is 67.4 Å². The average molecular weight is 344 g/mol. The number of carbonyl (C=O) groups excluding carboxylic acids is 2. The molecule has 0 aliphatic heterocycles. The summed E-state index contributed by atoms with van der Waals surface area (Å²) >= 11 is 0. The molecule has 0 radical (unpaired) electrons. The van der Waals surface area contributed by atoms with Gasteiger partial charge in [0.2, 0.25) is 5.91 Å². The minimum absolute atomic E-state index is 0.0111. The number of benzene rings is 1. The molecule has 2 amide bonds. The summed E-state index contributed by atoms with van der Waals surface area (Å²) in [4.78, 5) is 24.3. The third kappa shape index (κ3) is 4.33. The van der Waals surface area contributed by atoms with E-state index in [9.17, 15) is 9.59 Å². The summed E-state index contributed by atoms with van der Waals surface area (Å²) in [5.74, 6) is 2.62. The molecule has 2 aliphatic carbocycles. The molecule has 5 nitrogen and oxygen atoms in total. The zero-order valence-corrected chi connectivity index (χ0v) is 15.1. The minimum Gasteiger partial charge on any atom is -0.494 e. The number of fused-ring (bicyclic) bond motifs is 2. The molecule has 4 atom stereocenters. The van der Waals surface area contributed by atoms with Crippen LogP contribution in [0.15, 0.2) is 24.3 Å². The molecule has 1 aromatic rings. The van der Waals surface area contributed by atoms with E-state index >= 15 is 0 Å². The summed E-state index contributed by atoms with van der Waals surface area (Å²) in [6.45, 7) is 4.61. The second kappa shape index (κ2) is 7.89. The Morgan fingerprint density at radius 3 is 2.56 bits per heavy atom. The molecule has 25 heavy (non-hydrogen) atoms. The van der Waals surface area contributed by atoms with Crippen molar-refractivity contribution in [3.8, 4) is 5.75 Å². The first-order valence-electron chi connectivity index (χ1n) is 9.37. The number of hydrogen-bond donors (Lipinski definition) is 2. The Kier molecular flexibility index (Phi) is 5.61. The molecule has 0 spiro atoms. The molecule has 5 heteroatoms. The lowest BCUT2D eigenvalue weighted by atomic mass is 9.84. The third-order valence-corrected chi connectivity index (χ3v) is 5.66. The Hall–Kier alpha value is -2.04. The van der Waals surface area contributed by atoms with Crippen LogP contribution < -0.4 is 15.4 Å². The summed E-state index contributed by atoms with van der Waals surface area (Å²) in [6, 6.07) is 7.11. The van der Waals surface area contributed by atoms with Crippen molar-refractivity contribution in [1.82, 2.24) is 10.6 Å². The van der Waals surface area contributed by atoms with E-state index in [0.717, 1.165) is 17.6 Å². The summed E-state index contributed by atoms with van der Waals surface area (Å²) in [5.41, 5.74) is 0.525. The normalized spacial score (nSPS) is 25.4. The summed E-state index contributed by atoms with van der Waals surface area (Å²) in [7, 11) is 0. The molecule has 2 N–H and O–H groups in total. The molecule has 2 fully saturated rings. The lowest BCUT2D eigenvalue weighted by Crippen LogP contribution is -2.44. The van der Waals surface area contributed by atoms with Crippen molar-refractivity contribution in [2.24, 2.45) is 17.8 Å². The zero-order chi connectivity index (χ0) is 17.8. The Morgan fingerprint density at radius 2 is 1.96 bits per heavy atom. The van der Waals surface area contributed by atoms with Gasteiger partial charge in [-0.15, -0.1) is 0 Å². The fraction of sp³-hybridized carbons (Fsp3) is 0.600. The predicted molar refractivity (Wildman–Crippen MR) is 96.5 cm³/mol. The summed E-state index contributed by atoms with van der Waals surface area (Å²) in [5, 5.41) is 5.75. The second-order valence-corrected chi connectivity index (χ2v) is 7.33. The van der Waals surface area contributed by atoms with Crippen LogP contribution in [0.5, 0.6) is 5.75 Å². The van der Waals surface area contributed by atoms with E-state index in [1.54, 1.807) is 24.3 Å². The highest BCUT2D eigenvalue weighted by molar-refractivity contribution is 5.96. The van der Waals surface area contributed by atoms with E-state index < -0.39 is 0 Å². The number of amides is 2. The largest absolute Gasteiger partial charge is 0.494 e. The van der Waals surface area contributed by atoms with Gasteiger partial charge in [0.25, 0.3) is 5.91 Å². The second-order valence-electron chi connectivity index (χ2n) is 7.33. The highest BCUT2D eigenvalue weighted by Crippen LogP contribution is 2.49. The lowest BCUT2D eigenvalue weighted by molar-refractivity contribution is -0.121. The molecule has 1 aromatic carbocycles. The number of ether oxygens (including phenoxy) is 1. The number of nitrogens with one attached hydrogen (secondary N) is 2. The summed E-state index contributed by atoms with van der Waals surface area (Å²) < 4.78 is 5.36. The van der Waals surface area contributed by atoms with Crippen LogP contribution in [0, 0.1) is 17.8 Å². The minimum atomic E-state index is -0.245. The van der Waals surface area contributed by atoms with E-state index in [1.165, 1.54) is 25.7 Å². The molecule has 136 valence electrons. The van der Waals surface area contributed by atoms with E-state index in [2.05, 4.69) is 17.6 Å². The van der Waals surface area contributed by atoms with E-state index in [-0.39, 0.29) is 24.4 Å². The molecule has 2 saturated carbocycles. The lowest BCUT2D eigenvalue weighted by Gasteiger charge is -2.28. The SMILES string of the molecule is CCOc1ccc(C(=O)NCC(=O)NC(C)C2CC3CCC2C3)cc1. The number of hydrogen-bond acceptors (Lipinski definition) is 3. The standard InChI is InChI=1S/C20H28N2O3/c1-3-25-17-8-6-15(7-9-17)20(24)21-12-19(23)22-13(2)18-11-14-4-5-16(18)10-14/h6-9,13-14,16,18H,3-5,10-12H2,1-2H3,(H,21,24)(H,22,23). The maximum absolute atomic E-state index is 12.1. The van der Waals surface area contributed by atoms with Gasteiger partial charge in [0.15, 0.2) is 0 Å². The van der Waals surface area contributed by atoms with Crippen LogP contribution in [0.25, 0.3) is 0 Å². The molecule has 0 heterocycles. The highest BCUT2D eigenvalue weighted by Gasteiger charge is 2.42. The van der Waals surface area contributed by atoms with Gasteiger partial charge in [0.1, 0.15) is 5.75 Å². The van der Waals surface area contributed by atoms with Crippen molar-refractivity contribution in [3.05, 3.63) is 29.8 Å². The van der Waals surface area contributed by atoms with Gasteiger partial charge in [-0.3, -0.25) is 9.59 Å². The predicted octanol–water partition coefficient (Wildman–Crippen LogP) is 2.76. The Labute approximate surface area is 149 Å². The maximum Gasteiger partial charge on any atom is 0.251 e. The molecular formula is C20H28N2O3. The Bertz CT molecular complexity index is 614. The van der Waals surface area contributed by atoms with Crippen LogP contribution in [-0.4, -0.2) is 31.0 Å². The van der Waals surface area contributed by atoms with Gasteiger partial charge in [0.05, 0.1) is 13.2 Å².